The fraction of sp³-hybridized carbons (Fsp3) is 0.909. The summed E-state index contributed by atoms with van der Waals surface area (Å²) in [7, 11) is 2.13. The molecule has 0 N–H and O–H groups in total. The van der Waals surface area contributed by atoms with Crippen molar-refractivity contribution in [1.29, 1.82) is 5.26 Å². The highest BCUT2D eigenvalue weighted by Crippen LogP contribution is 2.29. The van der Waals surface area contributed by atoms with E-state index >= 15 is 0 Å². The van der Waals surface area contributed by atoms with Crippen LogP contribution < -0.4 is 0 Å². The molecule has 0 aromatic carbocycles. The Morgan fingerprint density at radius 2 is 1.86 bits per heavy atom. The summed E-state index contributed by atoms with van der Waals surface area (Å²) in [6.07, 6.45) is 4.77. The van der Waals surface area contributed by atoms with Crippen LogP contribution in [0.15, 0.2) is 0 Å². The monoisotopic (exact) mass is 193 g/mol. The first-order valence-electron chi connectivity index (χ1n) is 5.62. The molecule has 1 unspecified atom stereocenters. The molecule has 0 spiro atoms. The minimum Gasteiger partial charge on any atom is -0.303 e. The molecule has 0 radical (unpaired) electrons. The molecule has 2 heterocycles. The Balaban J connectivity index is 2.11. The average Bonchev–Trinajstić information content (AvgIpc) is 2.71. The Bertz CT molecular complexity index is 239. The van der Waals surface area contributed by atoms with Crippen molar-refractivity contribution in [3.8, 4) is 6.07 Å². The topological polar surface area (TPSA) is 30.3 Å². The Morgan fingerprint density at radius 1 is 1.14 bits per heavy atom. The summed E-state index contributed by atoms with van der Waals surface area (Å²) in [5.74, 6) is 0. The smallest absolute Gasteiger partial charge is 0.122 e. The van der Waals surface area contributed by atoms with Gasteiger partial charge in [-0.25, -0.2) is 0 Å². The number of likely N-dealkylation sites (N-methyl/N-ethyl adjacent to an activating group) is 1. The number of hydrogen-bond acceptors (Lipinski definition) is 3. The second-order valence-electron chi connectivity index (χ2n) is 4.68. The van der Waals surface area contributed by atoms with E-state index in [9.17, 15) is 5.26 Å². The van der Waals surface area contributed by atoms with E-state index in [4.69, 9.17) is 0 Å². The van der Waals surface area contributed by atoms with E-state index in [1.807, 2.05) is 0 Å². The van der Waals surface area contributed by atoms with Gasteiger partial charge in [0.15, 0.2) is 0 Å². The molecule has 2 rings (SSSR count). The summed E-state index contributed by atoms with van der Waals surface area (Å²) in [6.45, 7) is 4.34. The first kappa shape index (κ1) is 9.95. The number of likely N-dealkylation sites (tertiary alicyclic amines) is 2. The van der Waals surface area contributed by atoms with E-state index in [-0.39, 0.29) is 5.54 Å². The third kappa shape index (κ3) is 1.65. The first-order chi connectivity index (χ1) is 6.77. The van der Waals surface area contributed by atoms with Crippen molar-refractivity contribution in [3.05, 3.63) is 0 Å². The molecule has 2 fully saturated rings. The van der Waals surface area contributed by atoms with Gasteiger partial charge in [-0.1, -0.05) is 0 Å². The third-order valence-electron chi connectivity index (χ3n) is 3.58. The average molecular weight is 193 g/mol. The summed E-state index contributed by atoms with van der Waals surface area (Å²) >= 11 is 0. The molecular weight excluding hydrogens is 174 g/mol. The molecule has 3 nitrogen and oxygen atoms in total. The zero-order chi connectivity index (χ0) is 10.0. The third-order valence-corrected chi connectivity index (χ3v) is 3.58. The zero-order valence-electron chi connectivity index (χ0n) is 9.00. The van der Waals surface area contributed by atoms with Crippen LogP contribution in [0.5, 0.6) is 0 Å². The lowest BCUT2D eigenvalue weighted by atomic mass is 9.89. The van der Waals surface area contributed by atoms with E-state index in [1.165, 1.54) is 19.3 Å². The molecule has 0 saturated carbocycles. The van der Waals surface area contributed by atoms with Gasteiger partial charge in [0.1, 0.15) is 5.54 Å². The molecule has 2 saturated heterocycles. The van der Waals surface area contributed by atoms with Crippen molar-refractivity contribution < 1.29 is 0 Å². The molecule has 0 amide bonds. The van der Waals surface area contributed by atoms with E-state index in [0.717, 1.165) is 32.6 Å². The summed E-state index contributed by atoms with van der Waals surface area (Å²) in [4.78, 5) is 4.70. The Morgan fingerprint density at radius 3 is 2.43 bits per heavy atom. The van der Waals surface area contributed by atoms with Gasteiger partial charge in [0.25, 0.3) is 0 Å². The number of piperidine rings is 1. The van der Waals surface area contributed by atoms with Crippen LogP contribution in [0, 0.1) is 11.3 Å². The zero-order valence-corrected chi connectivity index (χ0v) is 9.00. The molecule has 0 aromatic heterocycles. The van der Waals surface area contributed by atoms with Gasteiger partial charge in [-0.3, -0.25) is 4.90 Å². The fourth-order valence-corrected chi connectivity index (χ4v) is 2.81. The molecule has 0 aromatic rings. The van der Waals surface area contributed by atoms with E-state index in [0.29, 0.717) is 0 Å². The van der Waals surface area contributed by atoms with E-state index < -0.39 is 0 Å². The van der Waals surface area contributed by atoms with Gasteiger partial charge >= 0.3 is 0 Å². The first-order valence-corrected chi connectivity index (χ1v) is 5.62. The SMILES string of the molecule is CN1CCCC(C#N)(N2CCCC2)C1. The lowest BCUT2D eigenvalue weighted by Crippen LogP contribution is -2.56. The summed E-state index contributed by atoms with van der Waals surface area (Å²) in [6, 6.07) is 2.57. The maximum absolute atomic E-state index is 9.40. The van der Waals surface area contributed by atoms with E-state index in [2.05, 4.69) is 22.9 Å². The number of rotatable bonds is 1. The highest BCUT2D eigenvalue weighted by molar-refractivity contribution is 5.12. The van der Waals surface area contributed by atoms with Gasteiger partial charge in [0.05, 0.1) is 6.07 Å². The predicted octanol–water partition coefficient (Wildman–Crippen LogP) is 1.07. The molecule has 0 bridgehead atoms. The van der Waals surface area contributed by atoms with Gasteiger partial charge < -0.3 is 4.90 Å². The number of nitrogens with zero attached hydrogens (tertiary/aromatic N) is 3. The quantitative estimate of drug-likeness (QED) is 0.624. The lowest BCUT2D eigenvalue weighted by Gasteiger charge is -2.42. The summed E-state index contributed by atoms with van der Waals surface area (Å²) in [5, 5.41) is 9.40. The van der Waals surface area contributed by atoms with Crippen molar-refractivity contribution in [2.45, 2.75) is 31.2 Å². The molecular formula is C11H19N3. The minimum absolute atomic E-state index is 0.163. The normalized spacial score (nSPS) is 35.7. The van der Waals surface area contributed by atoms with Crippen LogP contribution >= 0.6 is 0 Å². The fourth-order valence-electron chi connectivity index (χ4n) is 2.81. The minimum atomic E-state index is -0.163. The van der Waals surface area contributed by atoms with Gasteiger partial charge in [0.2, 0.25) is 0 Å². The number of hydrogen-bond donors (Lipinski definition) is 0. The molecule has 1 atom stereocenters. The maximum atomic E-state index is 9.40. The van der Waals surface area contributed by atoms with Crippen LogP contribution in [0.4, 0.5) is 0 Å². The van der Waals surface area contributed by atoms with Crippen molar-refractivity contribution in [3.63, 3.8) is 0 Å². The van der Waals surface area contributed by atoms with Crippen molar-refractivity contribution in [2.75, 3.05) is 33.2 Å². The van der Waals surface area contributed by atoms with Crippen LogP contribution in [0.25, 0.3) is 0 Å². The largest absolute Gasteiger partial charge is 0.303 e. The maximum Gasteiger partial charge on any atom is 0.122 e. The summed E-state index contributed by atoms with van der Waals surface area (Å²) < 4.78 is 0. The van der Waals surface area contributed by atoms with Crippen LogP contribution in [-0.2, 0) is 0 Å². The Kier molecular flexibility index (Phi) is 2.76. The predicted molar refractivity (Wildman–Crippen MR) is 55.9 cm³/mol. The summed E-state index contributed by atoms with van der Waals surface area (Å²) in [5.41, 5.74) is -0.163. The molecule has 3 heteroatoms. The van der Waals surface area contributed by atoms with Crippen LogP contribution in [-0.4, -0.2) is 48.6 Å². The molecule has 78 valence electrons. The van der Waals surface area contributed by atoms with Gasteiger partial charge in [0, 0.05) is 6.54 Å². The second kappa shape index (κ2) is 3.88. The van der Waals surface area contributed by atoms with Gasteiger partial charge in [-0.15, -0.1) is 0 Å². The second-order valence-corrected chi connectivity index (χ2v) is 4.68. The van der Waals surface area contributed by atoms with Crippen LogP contribution in [0.3, 0.4) is 0 Å². The molecule has 2 aliphatic rings. The van der Waals surface area contributed by atoms with Crippen LogP contribution in [0.1, 0.15) is 25.7 Å². The lowest BCUT2D eigenvalue weighted by molar-refractivity contribution is 0.0806. The van der Waals surface area contributed by atoms with Gasteiger partial charge in [-0.2, -0.15) is 5.26 Å². The molecule has 2 aliphatic heterocycles. The standard InChI is InChI=1S/C11H19N3/c1-13-6-4-5-11(9-12,10-13)14-7-2-3-8-14/h2-8,10H2,1H3. The van der Waals surface area contributed by atoms with Crippen molar-refractivity contribution in [2.24, 2.45) is 0 Å². The molecule has 14 heavy (non-hydrogen) atoms. The van der Waals surface area contributed by atoms with Crippen molar-refractivity contribution >= 4 is 0 Å². The Labute approximate surface area is 86.3 Å². The van der Waals surface area contributed by atoms with Gasteiger partial charge in [-0.05, 0) is 52.4 Å². The highest BCUT2D eigenvalue weighted by atomic mass is 15.3. The highest BCUT2D eigenvalue weighted by Gasteiger charge is 2.40. The van der Waals surface area contributed by atoms with E-state index in [1.54, 1.807) is 0 Å². The van der Waals surface area contributed by atoms with Crippen molar-refractivity contribution in [1.82, 2.24) is 9.80 Å². The van der Waals surface area contributed by atoms with Crippen LogP contribution in [0.2, 0.25) is 0 Å². The Hall–Kier alpha value is -0.590. The number of nitriles is 1. The molecule has 0 aliphatic carbocycles.